The summed E-state index contributed by atoms with van der Waals surface area (Å²) in [6, 6.07) is 11.6. The Labute approximate surface area is 127 Å². The first-order valence-electron chi connectivity index (χ1n) is 6.82. The van der Waals surface area contributed by atoms with Gasteiger partial charge >= 0.3 is 0 Å². The number of nitrogens with zero attached hydrogens (tertiary/aromatic N) is 1. The van der Waals surface area contributed by atoms with Crippen LogP contribution in [0.2, 0.25) is 0 Å². The highest BCUT2D eigenvalue weighted by molar-refractivity contribution is 5.40. The van der Waals surface area contributed by atoms with Crippen molar-refractivity contribution in [1.82, 2.24) is 0 Å². The number of para-hydroxylation sites is 1. The highest BCUT2D eigenvalue weighted by Gasteiger charge is 2.32. The number of hydrogen-bond acceptors (Lipinski definition) is 4. The van der Waals surface area contributed by atoms with Gasteiger partial charge in [0.2, 0.25) is 0 Å². The highest BCUT2D eigenvalue weighted by atomic mass is 19.1. The summed E-state index contributed by atoms with van der Waals surface area (Å²) in [4.78, 5) is 10.6. The van der Waals surface area contributed by atoms with Gasteiger partial charge in [0.25, 0.3) is 5.69 Å². The number of nitro benzene ring substituents is 1. The van der Waals surface area contributed by atoms with Crippen LogP contribution in [0.3, 0.4) is 0 Å². The molecule has 0 saturated heterocycles. The van der Waals surface area contributed by atoms with Crippen LogP contribution in [0.4, 0.5) is 10.1 Å². The molecule has 0 aliphatic heterocycles. The van der Waals surface area contributed by atoms with Gasteiger partial charge in [-0.3, -0.25) is 15.8 Å². The summed E-state index contributed by atoms with van der Waals surface area (Å²) in [5.41, 5.74) is 5.10. The van der Waals surface area contributed by atoms with E-state index in [4.69, 9.17) is 5.73 Å². The monoisotopic (exact) mass is 304 g/mol. The Balaban J connectivity index is 2.26. The maximum Gasteiger partial charge on any atom is 0.272 e. The maximum atomic E-state index is 13.0. The third-order valence-corrected chi connectivity index (χ3v) is 3.77. The molecule has 2 atom stereocenters. The van der Waals surface area contributed by atoms with E-state index in [-0.39, 0.29) is 12.1 Å². The van der Waals surface area contributed by atoms with Crippen molar-refractivity contribution in [1.29, 1.82) is 0 Å². The predicted octanol–water partition coefficient (Wildman–Crippen LogP) is 2.72. The quantitative estimate of drug-likeness (QED) is 0.505. The summed E-state index contributed by atoms with van der Waals surface area (Å²) in [6.07, 6.45) is 0.224. The molecule has 0 radical (unpaired) electrons. The molecule has 0 aliphatic carbocycles. The Morgan fingerprint density at radius 1 is 1.27 bits per heavy atom. The van der Waals surface area contributed by atoms with Gasteiger partial charge in [0, 0.05) is 17.5 Å². The Morgan fingerprint density at radius 2 is 1.86 bits per heavy atom. The van der Waals surface area contributed by atoms with Crippen LogP contribution in [0.1, 0.15) is 18.1 Å². The lowest BCUT2D eigenvalue weighted by atomic mass is 9.86. The number of nitrogens with two attached hydrogens (primary N) is 1. The molecule has 0 fully saturated rings. The molecule has 0 aromatic heterocycles. The van der Waals surface area contributed by atoms with E-state index in [0.717, 1.165) is 0 Å². The number of aliphatic hydroxyl groups is 1. The van der Waals surface area contributed by atoms with Gasteiger partial charge in [-0.1, -0.05) is 37.3 Å². The topological polar surface area (TPSA) is 89.4 Å². The minimum atomic E-state index is -1.71. The molecular formula is C16H17FN2O3. The van der Waals surface area contributed by atoms with E-state index in [1.54, 1.807) is 25.1 Å². The zero-order chi connectivity index (χ0) is 16.3. The molecule has 0 heterocycles. The number of rotatable bonds is 5. The van der Waals surface area contributed by atoms with E-state index in [1.807, 2.05) is 0 Å². The van der Waals surface area contributed by atoms with Crippen molar-refractivity contribution in [3.63, 3.8) is 0 Å². The zero-order valence-electron chi connectivity index (χ0n) is 12.1. The van der Waals surface area contributed by atoms with Crippen molar-refractivity contribution < 1.29 is 14.4 Å². The molecule has 6 heteroatoms. The summed E-state index contributed by atoms with van der Waals surface area (Å²) in [5.74, 6) is -0.926. The van der Waals surface area contributed by atoms with Crippen LogP contribution in [-0.2, 0) is 12.1 Å². The molecule has 3 N–H and O–H groups in total. The van der Waals surface area contributed by atoms with E-state index in [9.17, 15) is 19.6 Å². The molecule has 2 aromatic rings. The molecule has 2 unspecified atom stereocenters. The van der Waals surface area contributed by atoms with Crippen LogP contribution in [0.25, 0.3) is 0 Å². The molecule has 0 aliphatic rings. The average Bonchev–Trinajstić information content (AvgIpc) is 2.48. The van der Waals surface area contributed by atoms with E-state index in [2.05, 4.69) is 0 Å². The molecule has 5 nitrogen and oxygen atoms in total. The number of hydrogen-bond donors (Lipinski definition) is 2. The summed E-state index contributed by atoms with van der Waals surface area (Å²) in [6.45, 7) is 1.69. The third kappa shape index (κ3) is 3.29. The van der Waals surface area contributed by atoms with Crippen molar-refractivity contribution in [2.75, 3.05) is 0 Å². The van der Waals surface area contributed by atoms with Gasteiger partial charge in [0.1, 0.15) is 11.5 Å². The summed E-state index contributed by atoms with van der Waals surface area (Å²) >= 11 is 0. The molecule has 22 heavy (non-hydrogen) atoms. The molecule has 2 aromatic carbocycles. The Morgan fingerprint density at radius 3 is 2.45 bits per heavy atom. The first-order chi connectivity index (χ1) is 10.3. The van der Waals surface area contributed by atoms with Crippen LogP contribution in [0.5, 0.6) is 0 Å². The fourth-order valence-corrected chi connectivity index (χ4v) is 2.35. The SMILES string of the molecule is CC(Cc1ccccc1[N+](=O)[O-])C(N)(O)c1ccc(F)cc1. The third-order valence-electron chi connectivity index (χ3n) is 3.77. The van der Waals surface area contributed by atoms with Crippen molar-refractivity contribution in [3.8, 4) is 0 Å². The normalized spacial score (nSPS) is 15.1. The highest BCUT2D eigenvalue weighted by Crippen LogP contribution is 2.30. The second-order valence-corrected chi connectivity index (χ2v) is 5.32. The number of halogens is 1. The summed E-state index contributed by atoms with van der Waals surface area (Å²) < 4.78 is 13.0. The molecule has 0 saturated carbocycles. The molecule has 0 amide bonds. The van der Waals surface area contributed by atoms with Gasteiger partial charge < -0.3 is 5.11 Å². The Kier molecular flexibility index (Phi) is 4.54. The van der Waals surface area contributed by atoms with Crippen LogP contribution < -0.4 is 5.73 Å². The minimum Gasteiger partial charge on any atom is -0.371 e. The fourth-order valence-electron chi connectivity index (χ4n) is 2.35. The van der Waals surface area contributed by atoms with Gasteiger partial charge in [-0.15, -0.1) is 0 Å². The van der Waals surface area contributed by atoms with Gasteiger partial charge in [-0.2, -0.15) is 0 Å². The van der Waals surface area contributed by atoms with Crippen LogP contribution in [-0.4, -0.2) is 10.0 Å². The first kappa shape index (κ1) is 16.1. The fraction of sp³-hybridized carbons (Fsp3) is 0.250. The van der Waals surface area contributed by atoms with Gasteiger partial charge in [-0.25, -0.2) is 4.39 Å². The van der Waals surface area contributed by atoms with E-state index >= 15 is 0 Å². The van der Waals surface area contributed by atoms with Crippen LogP contribution in [0.15, 0.2) is 48.5 Å². The first-order valence-corrected chi connectivity index (χ1v) is 6.82. The van der Waals surface area contributed by atoms with Crippen molar-refractivity contribution in [2.24, 2.45) is 11.7 Å². The summed E-state index contributed by atoms with van der Waals surface area (Å²) in [7, 11) is 0. The van der Waals surface area contributed by atoms with E-state index < -0.39 is 22.4 Å². The number of nitro groups is 1. The van der Waals surface area contributed by atoms with Crippen LogP contribution in [0, 0.1) is 21.8 Å². The molecular weight excluding hydrogens is 287 g/mol. The zero-order valence-corrected chi connectivity index (χ0v) is 12.1. The van der Waals surface area contributed by atoms with Gasteiger partial charge in [0.05, 0.1) is 4.92 Å². The van der Waals surface area contributed by atoms with Crippen molar-refractivity contribution in [2.45, 2.75) is 19.1 Å². The minimum absolute atomic E-state index is 0.00995. The maximum absolute atomic E-state index is 13.0. The Hall–Kier alpha value is -2.31. The van der Waals surface area contributed by atoms with Crippen molar-refractivity contribution in [3.05, 3.63) is 75.6 Å². The van der Waals surface area contributed by atoms with E-state index in [0.29, 0.717) is 11.1 Å². The lowest BCUT2D eigenvalue weighted by Gasteiger charge is -2.30. The van der Waals surface area contributed by atoms with Gasteiger partial charge in [0.15, 0.2) is 0 Å². The summed E-state index contributed by atoms with van der Waals surface area (Å²) in [5, 5.41) is 21.6. The molecule has 0 bridgehead atoms. The standard InChI is InChI=1S/C16H17FN2O3/c1-11(10-12-4-2-3-5-15(12)19(21)22)16(18,20)13-6-8-14(17)9-7-13/h2-9,11,20H,10,18H2,1H3. The molecule has 116 valence electrons. The Bertz CT molecular complexity index is 671. The lowest BCUT2D eigenvalue weighted by molar-refractivity contribution is -0.385. The largest absolute Gasteiger partial charge is 0.371 e. The average molecular weight is 304 g/mol. The van der Waals surface area contributed by atoms with Gasteiger partial charge in [-0.05, 0) is 24.1 Å². The second kappa shape index (κ2) is 6.21. The second-order valence-electron chi connectivity index (χ2n) is 5.32. The van der Waals surface area contributed by atoms with Crippen LogP contribution >= 0.6 is 0 Å². The number of benzene rings is 2. The lowest BCUT2D eigenvalue weighted by Crippen LogP contribution is -2.43. The molecule has 2 rings (SSSR count). The smallest absolute Gasteiger partial charge is 0.272 e. The van der Waals surface area contributed by atoms with Crippen molar-refractivity contribution >= 4 is 5.69 Å². The predicted molar refractivity (Wildman–Crippen MR) is 80.4 cm³/mol. The van der Waals surface area contributed by atoms with E-state index in [1.165, 1.54) is 30.3 Å². The molecule has 0 spiro atoms.